The van der Waals surface area contributed by atoms with Gasteiger partial charge in [-0.05, 0) is 52.1 Å². The van der Waals surface area contributed by atoms with E-state index in [2.05, 4.69) is 40.8 Å². The van der Waals surface area contributed by atoms with Gasteiger partial charge in [-0.3, -0.25) is 4.79 Å². The van der Waals surface area contributed by atoms with E-state index in [1.165, 1.54) is 14.7 Å². The predicted molar refractivity (Wildman–Crippen MR) is 58.9 cm³/mol. The molecule has 1 saturated carbocycles. The first-order valence-corrected chi connectivity index (χ1v) is 5.66. The molecule has 1 aromatic rings. The Morgan fingerprint density at radius 2 is 2.23 bits per heavy atom. The second-order valence-corrected chi connectivity index (χ2v) is 5.06. The molecule has 1 fully saturated rings. The molecule has 0 amide bonds. The number of halogens is 1. The van der Waals surface area contributed by atoms with Crippen LogP contribution in [0, 0.1) is 3.57 Å². The standard InChI is InChI=1S/C11H9IO/c12-9-3-1-2-7-6-4-8(11(7)9)10(13)5-6/h1-3,6,8H,4-5H2. The van der Waals surface area contributed by atoms with Gasteiger partial charge < -0.3 is 0 Å². The summed E-state index contributed by atoms with van der Waals surface area (Å²) in [4.78, 5) is 11.5. The molecule has 0 N–H and O–H groups in total. The summed E-state index contributed by atoms with van der Waals surface area (Å²) in [5.41, 5.74) is 2.78. The summed E-state index contributed by atoms with van der Waals surface area (Å²) in [5, 5.41) is 0. The topological polar surface area (TPSA) is 17.1 Å². The van der Waals surface area contributed by atoms with Crippen molar-refractivity contribution >= 4 is 28.4 Å². The Morgan fingerprint density at radius 1 is 1.38 bits per heavy atom. The lowest BCUT2D eigenvalue weighted by atomic mass is 9.91. The van der Waals surface area contributed by atoms with E-state index < -0.39 is 0 Å². The van der Waals surface area contributed by atoms with Gasteiger partial charge in [-0.1, -0.05) is 12.1 Å². The lowest BCUT2D eigenvalue weighted by Gasteiger charge is -2.15. The Morgan fingerprint density at radius 3 is 3.08 bits per heavy atom. The number of ketones is 1. The summed E-state index contributed by atoms with van der Waals surface area (Å²) >= 11 is 2.34. The maximum Gasteiger partial charge on any atom is 0.141 e. The number of Topliss-reactive ketones (excluding diaryl/α,β-unsaturated/α-hetero) is 1. The van der Waals surface area contributed by atoms with Crippen LogP contribution in [0.2, 0.25) is 0 Å². The first-order chi connectivity index (χ1) is 6.27. The average Bonchev–Trinajstić information content (AvgIpc) is 2.62. The summed E-state index contributed by atoms with van der Waals surface area (Å²) in [6.07, 6.45) is 1.87. The fraction of sp³-hybridized carbons (Fsp3) is 0.364. The van der Waals surface area contributed by atoms with Crippen molar-refractivity contribution in [2.24, 2.45) is 0 Å². The normalized spacial score (nSPS) is 29.5. The van der Waals surface area contributed by atoms with Crippen LogP contribution >= 0.6 is 22.6 Å². The van der Waals surface area contributed by atoms with Crippen LogP contribution in [-0.2, 0) is 4.79 Å². The third kappa shape index (κ3) is 0.951. The Labute approximate surface area is 90.7 Å². The number of carbonyl (C=O) groups is 1. The largest absolute Gasteiger partial charge is 0.299 e. The zero-order valence-corrected chi connectivity index (χ0v) is 9.24. The van der Waals surface area contributed by atoms with Gasteiger partial charge in [-0.15, -0.1) is 0 Å². The molecule has 2 aliphatic carbocycles. The number of hydrogen-bond acceptors (Lipinski definition) is 1. The summed E-state index contributed by atoms with van der Waals surface area (Å²) in [6.45, 7) is 0. The number of fused-ring (bicyclic) bond motifs is 5. The quantitative estimate of drug-likeness (QED) is 0.669. The minimum atomic E-state index is 0.244. The van der Waals surface area contributed by atoms with Crippen molar-refractivity contribution in [3.63, 3.8) is 0 Å². The average molecular weight is 284 g/mol. The van der Waals surface area contributed by atoms with Crippen LogP contribution in [0.25, 0.3) is 0 Å². The molecular formula is C11H9IO. The fourth-order valence-electron chi connectivity index (χ4n) is 2.68. The molecule has 2 unspecified atom stereocenters. The second-order valence-electron chi connectivity index (χ2n) is 3.90. The van der Waals surface area contributed by atoms with Crippen molar-refractivity contribution in [3.05, 3.63) is 32.9 Å². The van der Waals surface area contributed by atoms with Gasteiger partial charge >= 0.3 is 0 Å². The highest BCUT2D eigenvalue weighted by Crippen LogP contribution is 2.52. The molecule has 1 nitrogen and oxygen atoms in total. The molecule has 66 valence electrons. The molecule has 3 rings (SSSR count). The molecule has 2 heteroatoms. The van der Waals surface area contributed by atoms with E-state index in [0.717, 1.165) is 12.8 Å². The minimum Gasteiger partial charge on any atom is -0.299 e. The highest BCUT2D eigenvalue weighted by Gasteiger charge is 2.43. The van der Waals surface area contributed by atoms with Crippen LogP contribution in [0.4, 0.5) is 0 Å². The van der Waals surface area contributed by atoms with E-state index in [0.29, 0.717) is 11.7 Å². The van der Waals surface area contributed by atoms with Gasteiger partial charge in [0.05, 0.1) is 0 Å². The summed E-state index contributed by atoms with van der Waals surface area (Å²) in [5.74, 6) is 1.25. The number of benzene rings is 1. The van der Waals surface area contributed by atoms with E-state index in [9.17, 15) is 4.79 Å². The molecule has 0 heterocycles. The van der Waals surface area contributed by atoms with E-state index in [4.69, 9.17) is 0 Å². The van der Waals surface area contributed by atoms with E-state index >= 15 is 0 Å². The van der Waals surface area contributed by atoms with Gasteiger partial charge in [-0.25, -0.2) is 0 Å². The fourth-order valence-corrected chi connectivity index (χ4v) is 3.57. The van der Waals surface area contributed by atoms with Crippen LogP contribution in [-0.4, -0.2) is 5.78 Å². The highest BCUT2D eigenvalue weighted by molar-refractivity contribution is 14.1. The third-order valence-corrected chi connectivity index (χ3v) is 4.17. The predicted octanol–water partition coefficient (Wildman–Crippen LogP) is 2.83. The van der Waals surface area contributed by atoms with Crippen molar-refractivity contribution in [3.8, 4) is 0 Å². The maximum atomic E-state index is 11.5. The van der Waals surface area contributed by atoms with Gasteiger partial charge in [0.1, 0.15) is 5.78 Å². The van der Waals surface area contributed by atoms with Gasteiger partial charge in [0.25, 0.3) is 0 Å². The number of carbonyl (C=O) groups excluding carboxylic acids is 1. The molecule has 2 atom stereocenters. The lowest BCUT2D eigenvalue weighted by molar-refractivity contribution is -0.118. The molecule has 13 heavy (non-hydrogen) atoms. The Kier molecular flexibility index (Phi) is 1.57. The van der Waals surface area contributed by atoms with Crippen LogP contribution < -0.4 is 0 Å². The molecule has 2 bridgehead atoms. The first kappa shape index (κ1) is 7.97. The third-order valence-electron chi connectivity index (χ3n) is 3.23. The van der Waals surface area contributed by atoms with Crippen molar-refractivity contribution in [2.45, 2.75) is 24.7 Å². The second kappa shape index (κ2) is 2.56. The summed E-state index contributed by atoms with van der Waals surface area (Å²) < 4.78 is 1.27. The molecule has 0 aliphatic heterocycles. The zero-order chi connectivity index (χ0) is 9.00. The molecule has 0 saturated heterocycles. The number of hydrogen-bond donors (Lipinski definition) is 0. The maximum absolute atomic E-state index is 11.5. The van der Waals surface area contributed by atoms with Gasteiger partial charge in [0.15, 0.2) is 0 Å². The van der Waals surface area contributed by atoms with E-state index in [1.807, 2.05) is 0 Å². The zero-order valence-electron chi connectivity index (χ0n) is 7.09. The Hall–Kier alpha value is -0.380. The summed E-state index contributed by atoms with van der Waals surface area (Å²) in [7, 11) is 0. The SMILES string of the molecule is O=C1CC2CC1c1c(I)cccc12. The molecule has 0 radical (unpaired) electrons. The van der Waals surface area contributed by atoms with Crippen LogP contribution in [0.15, 0.2) is 18.2 Å². The molecule has 1 aromatic carbocycles. The smallest absolute Gasteiger partial charge is 0.141 e. The van der Waals surface area contributed by atoms with Crippen molar-refractivity contribution < 1.29 is 4.79 Å². The molecule has 0 aromatic heterocycles. The van der Waals surface area contributed by atoms with Crippen molar-refractivity contribution in [1.82, 2.24) is 0 Å². The van der Waals surface area contributed by atoms with Crippen molar-refractivity contribution in [1.29, 1.82) is 0 Å². The molecule has 0 spiro atoms. The Bertz CT molecular complexity index is 397. The number of rotatable bonds is 0. The molecular weight excluding hydrogens is 275 g/mol. The van der Waals surface area contributed by atoms with Gasteiger partial charge in [0.2, 0.25) is 0 Å². The molecule has 2 aliphatic rings. The van der Waals surface area contributed by atoms with Crippen LogP contribution in [0.3, 0.4) is 0 Å². The first-order valence-electron chi connectivity index (χ1n) is 4.58. The van der Waals surface area contributed by atoms with E-state index in [1.54, 1.807) is 0 Å². The lowest BCUT2D eigenvalue weighted by Crippen LogP contribution is -2.10. The van der Waals surface area contributed by atoms with Gasteiger partial charge in [-0.2, -0.15) is 0 Å². The van der Waals surface area contributed by atoms with Crippen LogP contribution in [0.5, 0.6) is 0 Å². The van der Waals surface area contributed by atoms with E-state index in [-0.39, 0.29) is 5.92 Å². The van der Waals surface area contributed by atoms with Gasteiger partial charge in [0, 0.05) is 15.9 Å². The Balaban J connectivity index is 2.27. The minimum absolute atomic E-state index is 0.244. The van der Waals surface area contributed by atoms with Crippen molar-refractivity contribution in [2.75, 3.05) is 0 Å². The monoisotopic (exact) mass is 284 g/mol. The van der Waals surface area contributed by atoms with Crippen LogP contribution in [0.1, 0.15) is 35.8 Å². The highest BCUT2D eigenvalue weighted by atomic mass is 127. The summed E-state index contributed by atoms with van der Waals surface area (Å²) in [6, 6.07) is 6.40.